The highest BCUT2D eigenvalue weighted by molar-refractivity contribution is 6.42. The Kier molecular flexibility index (Phi) is 5.10. The van der Waals surface area contributed by atoms with Gasteiger partial charge in [0.1, 0.15) is 0 Å². The van der Waals surface area contributed by atoms with E-state index < -0.39 is 5.91 Å². The molecule has 0 radical (unpaired) electrons. The molecule has 1 aromatic carbocycles. The second kappa shape index (κ2) is 6.68. The fraction of sp³-hybridized carbons (Fsp3) is 0.333. The van der Waals surface area contributed by atoms with Crippen molar-refractivity contribution in [2.24, 2.45) is 7.05 Å². The molecule has 0 aliphatic rings. The number of aromatic nitrogens is 4. The zero-order chi connectivity index (χ0) is 16.4. The summed E-state index contributed by atoms with van der Waals surface area (Å²) >= 11 is 18.4. The number of rotatable bonds is 4. The summed E-state index contributed by atoms with van der Waals surface area (Å²) in [5.74, 6) is -0.174. The van der Waals surface area contributed by atoms with Gasteiger partial charge in [0, 0.05) is 5.02 Å². The second-order valence-corrected chi connectivity index (χ2v) is 5.59. The molecule has 0 fully saturated rings. The summed E-state index contributed by atoms with van der Waals surface area (Å²) in [6.45, 7) is 3.17. The van der Waals surface area contributed by atoms with Gasteiger partial charge >= 0.3 is 0 Å². The zero-order valence-corrected chi connectivity index (χ0v) is 14.2. The van der Waals surface area contributed by atoms with E-state index in [1.165, 1.54) is 4.80 Å². The molecule has 22 heavy (non-hydrogen) atoms. The van der Waals surface area contributed by atoms with Gasteiger partial charge in [-0.05, 0) is 30.2 Å². The number of anilines is 1. The van der Waals surface area contributed by atoms with Crippen LogP contribution in [0, 0.1) is 13.8 Å². The lowest BCUT2D eigenvalue weighted by Crippen LogP contribution is -2.21. The molecule has 2 rings (SSSR count). The number of amides is 1. The van der Waals surface area contributed by atoms with E-state index in [1.807, 2.05) is 0 Å². The van der Waals surface area contributed by atoms with Gasteiger partial charge in [-0.25, -0.2) is 0 Å². The molecule has 0 atom stereocenters. The average molecular weight is 365 g/mol. The molecule has 0 saturated heterocycles. The van der Waals surface area contributed by atoms with Crippen molar-refractivity contribution in [3.63, 3.8) is 0 Å². The first kappa shape index (κ1) is 16.8. The number of aryl methyl sites for hydroxylation is 1. The number of nitrogens with zero attached hydrogens (tertiary/aromatic N) is 4. The third kappa shape index (κ3) is 3.43. The Bertz CT molecular complexity index is 703. The van der Waals surface area contributed by atoms with Crippen molar-refractivity contribution >= 4 is 46.7 Å². The Hall–Kier alpha value is -1.57. The second-order valence-electron chi connectivity index (χ2n) is 4.46. The quantitative estimate of drug-likeness (QED) is 0.902. The van der Waals surface area contributed by atoms with Crippen molar-refractivity contribution in [2.45, 2.75) is 13.8 Å². The average Bonchev–Trinajstić information content (AvgIpc) is 2.88. The van der Waals surface area contributed by atoms with Crippen LogP contribution in [-0.2, 0) is 11.8 Å². The molecule has 2 aromatic rings. The first-order valence-corrected chi connectivity index (χ1v) is 7.25. The monoisotopic (exact) mass is 363 g/mol. The minimum atomic E-state index is -0.467. The van der Waals surface area contributed by atoms with Crippen molar-refractivity contribution in [1.82, 2.24) is 20.2 Å². The van der Waals surface area contributed by atoms with Crippen molar-refractivity contribution < 1.29 is 9.53 Å². The first-order valence-electron chi connectivity index (χ1n) is 6.11. The highest BCUT2D eigenvalue weighted by atomic mass is 35.5. The van der Waals surface area contributed by atoms with Gasteiger partial charge in [0.15, 0.2) is 12.4 Å². The van der Waals surface area contributed by atoms with E-state index >= 15 is 0 Å². The van der Waals surface area contributed by atoms with Crippen molar-refractivity contribution in [1.29, 1.82) is 0 Å². The van der Waals surface area contributed by atoms with Gasteiger partial charge < -0.3 is 4.74 Å². The molecule has 118 valence electrons. The van der Waals surface area contributed by atoms with Crippen LogP contribution in [0.25, 0.3) is 0 Å². The Morgan fingerprint density at radius 3 is 2.27 bits per heavy atom. The van der Waals surface area contributed by atoms with Crippen molar-refractivity contribution in [2.75, 3.05) is 11.9 Å². The molecule has 0 aliphatic carbocycles. The number of halogens is 3. The summed E-state index contributed by atoms with van der Waals surface area (Å²) in [7, 11) is 1.58. The van der Waals surface area contributed by atoms with Crippen molar-refractivity contribution in [3.8, 4) is 5.75 Å². The molecule has 1 amide bonds. The number of tetrazole rings is 1. The molecule has 0 bridgehead atoms. The van der Waals surface area contributed by atoms with E-state index in [0.29, 0.717) is 16.1 Å². The molecule has 1 aromatic heterocycles. The highest BCUT2D eigenvalue weighted by Crippen LogP contribution is 2.42. The molecule has 7 nitrogen and oxygen atoms in total. The maximum absolute atomic E-state index is 11.8. The lowest BCUT2D eigenvalue weighted by Gasteiger charge is -2.15. The number of hydrogen-bond acceptors (Lipinski definition) is 5. The molecule has 10 heteroatoms. The fourth-order valence-electron chi connectivity index (χ4n) is 1.67. The lowest BCUT2D eigenvalue weighted by molar-refractivity contribution is -0.118. The lowest BCUT2D eigenvalue weighted by atomic mass is 10.1. The minimum absolute atomic E-state index is 0.0803. The Morgan fingerprint density at radius 2 is 1.77 bits per heavy atom. The zero-order valence-electron chi connectivity index (χ0n) is 11.9. The first-order chi connectivity index (χ1) is 10.3. The summed E-state index contributed by atoms with van der Waals surface area (Å²) in [6, 6.07) is 0. The van der Waals surface area contributed by atoms with Crippen LogP contribution in [0.5, 0.6) is 5.75 Å². The molecular weight excluding hydrogens is 353 g/mol. The Balaban J connectivity index is 2.10. The van der Waals surface area contributed by atoms with E-state index in [-0.39, 0.29) is 28.3 Å². The van der Waals surface area contributed by atoms with E-state index in [9.17, 15) is 4.79 Å². The van der Waals surface area contributed by atoms with Gasteiger partial charge in [-0.2, -0.15) is 4.80 Å². The molecule has 1 N–H and O–H groups in total. The summed E-state index contributed by atoms with van der Waals surface area (Å²) < 4.78 is 5.41. The molecule has 0 saturated carbocycles. The van der Waals surface area contributed by atoms with Gasteiger partial charge in [-0.1, -0.05) is 39.9 Å². The maximum atomic E-state index is 11.8. The van der Waals surface area contributed by atoms with Crippen LogP contribution in [0.1, 0.15) is 11.1 Å². The van der Waals surface area contributed by atoms with Crippen LogP contribution in [0.4, 0.5) is 5.95 Å². The molecule has 0 aliphatic heterocycles. The number of carbonyl (C=O) groups excluding carboxylic acids is 1. The topological polar surface area (TPSA) is 81.9 Å². The number of carbonyl (C=O) groups is 1. The molecule has 0 spiro atoms. The number of nitrogens with one attached hydrogen (secondary N) is 1. The van der Waals surface area contributed by atoms with Gasteiger partial charge in [-0.15, -0.1) is 5.10 Å². The van der Waals surface area contributed by atoms with Gasteiger partial charge in [0.25, 0.3) is 11.9 Å². The standard InChI is InChI=1S/C12H12Cl3N5O2/c1-5-8(13)6(2)10(15)11(9(5)14)22-4-7(21)16-12-17-19-20(3)18-12/h4H2,1-3H3,(H,16,18,21). The predicted molar refractivity (Wildman–Crippen MR) is 83.9 cm³/mol. The number of ether oxygens (including phenoxy) is 1. The van der Waals surface area contributed by atoms with E-state index in [0.717, 1.165) is 0 Å². The summed E-state index contributed by atoms with van der Waals surface area (Å²) in [5.41, 5.74) is 1.27. The molecular formula is C12H12Cl3N5O2. The number of hydrogen-bond donors (Lipinski definition) is 1. The number of benzene rings is 1. The Morgan fingerprint density at radius 1 is 1.18 bits per heavy atom. The van der Waals surface area contributed by atoms with Crippen LogP contribution in [0.3, 0.4) is 0 Å². The van der Waals surface area contributed by atoms with Crippen LogP contribution in [0.2, 0.25) is 15.1 Å². The van der Waals surface area contributed by atoms with E-state index in [4.69, 9.17) is 39.5 Å². The van der Waals surface area contributed by atoms with Gasteiger partial charge in [0.2, 0.25) is 0 Å². The molecule has 0 unspecified atom stereocenters. The van der Waals surface area contributed by atoms with Gasteiger partial charge in [0.05, 0.1) is 17.1 Å². The largest absolute Gasteiger partial charge is 0.481 e. The van der Waals surface area contributed by atoms with E-state index in [1.54, 1.807) is 20.9 Å². The summed E-state index contributed by atoms with van der Waals surface area (Å²) in [4.78, 5) is 13.0. The van der Waals surface area contributed by atoms with Crippen LogP contribution >= 0.6 is 34.8 Å². The van der Waals surface area contributed by atoms with Crippen LogP contribution in [0.15, 0.2) is 0 Å². The third-order valence-corrected chi connectivity index (χ3v) is 4.30. The Labute approximate surface area is 141 Å². The van der Waals surface area contributed by atoms with Crippen LogP contribution < -0.4 is 10.1 Å². The smallest absolute Gasteiger partial charge is 0.270 e. The highest BCUT2D eigenvalue weighted by Gasteiger charge is 2.19. The van der Waals surface area contributed by atoms with Crippen LogP contribution in [-0.4, -0.2) is 32.7 Å². The van der Waals surface area contributed by atoms with Crippen molar-refractivity contribution in [3.05, 3.63) is 26.2 Å². The fourth-order valence-corrected chi connectivity index (χ4v) is 2.49. The minimum Gasteiger partial charge on any atom is -0.481 e. The summed E-state index contributed by atoms with van der Waals surface area (Å²) in [5, 5.41) is 14.5. The third-order valence-electron chi connectivity index (χ3n) is 2.82. The predicted octanol–water partition coefficient (Wildman–Crippen LogP) is 2.80. The SMILES string of the molecule is Cc1c(Cl)c(C)c(Cl)c(OCC(=O)Nc2nnn(C)n2)c1Cl. The van der Waals surface area contributed by atoms with Gasteiger partial charge in [-0.3, -0.25) is 10.1 Å². The maximum Gasteiger partial charge on any atom is 0.270 e. The molecule has 1 heterocycles. The normalized spacial score (nSPS) is 10.6. The van der Waals surface area contributed by atoms with E-state index in [2.05, 4.69) is 20.7 Å². The summed E-state index contributed by atoms with van der Waals surface area (Å²) in [6.07, 6.45) is 0.